The van der Waals surface area contributed by atoms with Crippen molar-refractivity contribution in [2.75, 3.05) is 11.6 Å². The van der Waals surface area contributed by atoms with E-state index in [1.807, 2.05) is 19.1 Å². The van der Waals surface area contributed by atoms with Crippen LogP contribution in [0, 0.1) is 6.92 Å². The van der Waals surface area contributed by atoms with Crippen LogP contribution in [0.3, 0.4) is 0 Å². The molecule has 0 aliphatic carbocycles. The molecule has 0 saturated carbocycles. The summed E-state index contributed by atoms with van der Waals surface area (Å²) in [5, 5.41) is 4.17. The standard InChI is InChI=1S/C11H12N2O3/c1-3-16-11(15)13(12-8-14)10-6-4-9(2)5-7-10/h4-7H,3H2,1-2H3. The number of benzene rings is 1. The zero-order valence-electron chi connectivity index (χ0n) is 9.14. The summed E-state index contributed by atoms with van der Waals surface area (Å²) in [6.45, 7) is 3.81. The molecule has 0 aromatic heterocycles. The van der Waals surface area contributed by atoms with Gasteiger partial charge in [-0.25, -0.2) is 9.59 Å². The number of hydrogen-bond donors (Lipinski definition) is 0. The summed E-state index contributed by atoms with van der Waals surface area (Å²) in [5.74, 6) is 0. The molecule has 1 rings (SSSR count). The van der Waals surface area contributed by atoms with Crippen molar-refractivity contribution >= 4 is 17.9 Å². The van der Waals surface area contributed by atoms with Gasteiger partial charge in [0.15, 0.2) is 0 Å². The molecule has 1 amide bonds. The highest BCUT2D eigenvalue weighted by atomic mass is 16.6. The van der Waals surface area contributed by atoms with E-state index in [1.165, 1.54) is 6.08 Å². The number of nitrogens with zero attached hydrogens (tertiary/aromatic N) is 2. The molecule has 5 heteroatoms. The summed E-state index contributed by atoms with van der Waals surface area (Å²) in [6, 6.07) is 6.96. The second kappa shape index (κ2) is 5.68. The van der Waals surface area contributed by atoms with Gasteiger partial charge in [0, 0.05) is 0 Å². The van der Waals surface area contributed by atoms with Gasteiger partial charge in [-0.05, 0) is 26.0 Å². The first-order chi connectivity index (χ1) is 7.69. The maximum absolute atomic E-state index is 11.4. The first-order valence-electron chi connectivity index (χ1n) is 4.80. The van der Waals surface area contributed by atoms with E-state index in [-0.39, 0.29) is 6.61 Å². The van der Waals surface area contributed by atoms with Gasteiger partial charge in [0.1, 0.15) is 0 Å². The van der Waals surface area contributed by atoms with Crippen molar-refractivity contribution in [3.05, 3.63) is 29.8 Å². The van der Waals surface area contributed by atoms with Crippen LogP contribution in [-0.4, -0.2) is 18.8 Å². The topological polar surface area (TPSA) is 59.0 Å². The third kappa shape index (κ3) is 2.93. The van der Waals surface area contributed by atoms with Crippen LogP contribution in [0.25, 0.3) is 0 Å². The van der Waals surface area contributed by atoms with E-state index in [1.54, 1.807) is 19.1 Å². The first kappa shape index (κ1) is 11.9. The molecule has 0 spiro atoms. The third-order valence-electron chi connectivity index (χ3n) is 1.86. The van der Waals surface area contributed by atoms with E-state index in [2.05, 4.69) is 5.10 Å². The molecule has 5 nitrogen and oxygen atoms in total. The number of hydrogen-bond acceptors (Lipinski definition) is 4. The van der Waals surface area contributed by atoms with Gasteiger partial charge in [-0.3, -0.25) is 0 Å². The van der Waals surface area contributed by atoms with Gasteiger partial charge in [0.25, 0.3) is 6.08 Å². The number of rotatable bonds is 3. The number of hydrazone groups is 1. The maximum atomic E-state index is 11.4. The lowest BCUT2D eigenvalue weighted by Gasteiger charge is -2.14. The van der Waals surface area contributed by atoms with Crippen LogP contribution in [0.15, 0.2) is 29.4 Å². The molecule has 0 aliphatic heterocycles. The SMILES string of the molecule is CCOC(=O)N(N=C=O)c1ccc(C)cc1. The molecule has 0 N–H and O–H groups in total. The molecule has 84 valence electrons. The van der Waals surface area contributed by atoms with Gasteiger partial charge in [-0.15, -0.1) is 0 Å². The zero-order valence-corrected chi connectivity index (χ0v) is 9.14. The normalized spacial score (nSPS) is 9.12. The third-order valence-corrected chi connectivity index (χ3v) is 1.86. The molecule has 0 heterocycles. The highest BCUT2D eigenvalue weighted by Gasteiger charge is 2.15. The van der Waals surface area contributed by atoms with Crippen molar-refractivity contribution in [1.29, 1.82) is 0 Å². The molecular weight excluding hydrogens is 208 g/mol. The van der Waals surface area contributed by atoms with Gasteiger partial charge in [0.2, 0.25) is 0 Å². The molecule has 0 radical (unpaired) electrons. The highest BCUT2D eigenvalue weighted by Crippen LogP contribution is 2.16. The number of amides is 1. The number of anilines is 1. The summed E-state index contributed by atoms with van der Waals surface area (Å²) < 4.78 is 4.76. The zero-order chi connectivity index (χ0) is 12.0. The number of carbonyl (C=O) groups is 1. The van der Waals surface area contributed by atoms with Crippen LogP contribution in [-0.2, 0) is 9.53 Å². The van der Waals surface area contributed by atoms with Crippen molar-refractivity contribution in [1.82, 2.24) is 0 Å². The van der Waals surface area contributed by atoms with Crippen LogP contribution in [0.1, 0.15) is 12.5 Å². The minimum Gasteiger partial charge on any atom is -0.448 e. The Morgan fingerprint density at radius 2 is 2.06 bits per heavy atom. The van der Waals surface area contributed by atoms with Crippen LogP contribution >= 0.6 is 0 Å². The predicted molar refractivity (Wildman–Crippen MR) is 58.8 cm³/mol. The second-order valence-electron chi connectivity index (χ2n) is 3.04. The van der Waals surface area contributed by atoms with Crippen molar-refractivity contribution in [3.63, 3.8) is 0 Å². The lowest BCUT2D eigenvalue weighted by molar-refractivity contribution is 0.160. The molecule has 0 saturated heterocycles. The lowest BCUT2D eigenvalue weighted by Crippen LogP contribution is -2.26. The van der Waals surface area contributed by atoms with Crippen molar-refractivity contribution in [2.45, 2.75) is 13.8 Å². The molecule has 0 unspecified atom stereocenters. The highest BCUT2D eigenvalue weighted by molar-refractivity contribution is 5.87. The molecule has 1 aromatic carbocycles. The maximum Gasteiger partial charge on any atom is 0.435 e. The van der Waals surface area contributed by atoms with E-state index >= 15 is 0 Å². The van der Waals surface area contributed by atoms with Crippen LogP contribution in [0.2, 0.25) is 0 Å². The van der Waals surface area contributed by atoms with E-state index in [9.17, 15) is 9.59 Å². The van der Waals surface area contributed by atoms with Crippen LogP contribution in [0.5, 0.6) is 0 Å². The van der Waals surface area contributed by atoms with Gasteiger partial charge < -0.3 is 4.74 Å². The van der Waals surface area contributed by atoms with Gasteiger partial charge in [0.05, 0.1) is 12.3 Å². The van der Waals surface area contributed by atoms with Crippen LogP contribution < -0.4 is 5.01 Å². The predicted octanol–water partition coefficient (Wildman–Crippen LogP) is 2.21. The summed E-state index contributed by atoms with van der Waals surface area (Å²) in [6.07, 6.45) is 0.621. The Morgan fingerprint density at radius 3 is 2.56 bits per heavy atom. The van der Waals surface area contributed by atoms with Gasteiger partial charge in [-0.2, -0.15) is 5.01 Å². The van der Waals surface area contributed by atoms with Crippen LogP contribution in [0.4, 0.5) is 10.5 Å². The fourth-order valence-corrected chi connectivity index (χ4v) is 1.12. The Kier molecular flexibility index (Phi) is 4.24. The molecule has 16 heavy (non-hydrogen) atoms. The van der Waals surface area contributed by atoms with Gasteiger partial charge in [-0.1, -0.05) is 22.8 Å². The van der Waals surface area contributed by atoms with Crippen molar-refractivity contribution in [3.8, 4) is 0 Å². The number of ether oxygens (including phenoxy) is 1. The molecule has 1 aromatic rings. The summed E-state index contributed by atoms with van der Waals surface area (Å²) in [5.41, 5.74) is 1.51. The Morgan fingerprint density at radius 1 is 1.44 bits per heavy atom. The average Bonchev–Trinajstić information content (AvgIpc) is 2.28. The Labute approximate surface area is 93.3 Å². The Balaban J connectivity index is 2.97. The van der Waals surface area contributed by atoms with Crippen molar-refractivity contribution in [2.24, 2.45) is 5.10 Å². The van der Waals surface area contributed by atoms with Gasteiger partial charge >= 0.3 is 6.09 Å². The molecular formula is C11H12N2O3. The quantitative estimate of drug-likeness (QED) is 0.445. The summed E-state index contributed by atoms with van der Waals surface area (Å²) in [4.78, 5) is 21.7. The van der Waals surface area contributed by atoms with Crippen molar-refractivity contribution < 1.29 is 14.3 Å². The first-order valence-corrected chi connectivity index (χ1v) is 4.80. The minimum atomic E-state index is -0.699. The van der Waals surface area contributed by atoms with E-state index < -0.39 is 6.09 Å². The average molecular weight is 220 g/mol. The Bertz CT molecular complexity index is 408. The molecule has 0 aliphatic rings. The fraction of sp³-hybridized carbons (Fsp3) is 0.273. The summed E-state index contributed by atoms with van der Waals surface area (Å²) in [7, 11) is 0. The second-order valence-corrected chi connectivity index (χ2v) is 3.04. The smallest absolute Gasteiger partial charge is 0.435 e. The molecule has 0 bridgehead atoms. The van der Waals surface area contributed by atoms with E-state index in [4.69, 9.17) is 4.74 Å². The molecule has 0 fully saturated rings. The number of carbonyl (C=O) groups excluding carboxylic acids is 2. The van der Waals surface area contributed by atoms with E-state index in [0.29, 0.717) is 5.69 Å². The number of isocyanates is 1. The van der Waals surface area contributed by atoms with E-state index in [0.717, 1.165) is 10.6 Å². The Hall–Kier alpha value is -2.13. The number of aryl methyl sites for hydroxylation is 1. The largest absolute Gasteiger partial charge is 0.448 e. The molecule has 0 atom stereocenters. The lowest BCUT2D eigenvalue weighted by atomic mass is 10.2. The fourth-order valence-electron chi connectivity index (χ4n) is 1.12. The monoisotopic (exact) mass is 220 g/mol. The summed E-state index contributed by atoms with van der Waals surface area (Å²) >= 11 is 0. The minimum absolute atomic E-state index is 0.218.